The molecule has 0 bridgehead atoms. The third-order valence-corrected chi connectivity index (χ3v) is 2.51. The zero-order valence-corrected chi connectivity index (χ0v) is 9.74. The van der Waals surface area contributed by atoms with Crippen LogP contribution in [0.15, 0.2) is 24.3 Å². The minimum Gasteiger partial charge on any atom is -0.497 e. The van der Waals surface area contributed by atoms with E-state index in [0.717, 1.165) is 11.4 Å². The van der Waals surface area contributed by atoms with Gasteiger partial charge in [-0.25, -0.2) is 0 Å². The van der Waals surface area contributed by atoms with Crippen molar-refractivity contribution in [1.29, 1.82) is 0 Å². The smallest absolute Gasteiger partial charge is 0.120 e. The number of ether oxygens (including phenoxy) is 1. The average molecular weight is 230 g/mol. The van der Waals surface area contributed by atoms with Crippen LogP contribution in [0.4, 0.5) is 5.69 Å². The summed E-state index contributed by atoms with van der Waals surface area (Å²) in [6.45, 7) is 0.511. The molecule has 84 valence electrons. The summed E-state index contributed by atoms with van der Waals surface area (Å²) < 4.78 is 5.12. The quantitative estimate of drug-likeness (QED) is 0.781. The van der Waals surface area contributed by atoms with Crippen molar-refractivity contribution in [2.24, 2.45) is 0 Å². The molecule has 0 radical (unpaired) electrons. The van der Waals surface area contributed by atoms with Crippen molar-refractivity contribution in [1.82, 2.24) is 0 Å². The maximum atomic E-state index is 9.41. The maximum Gasteiger partial charge on any atom is 0.120 e. The first-order chi connectivity index (χ1) is 7.17. The summed E-state index contributed by atoms with van der Waals surface area (Å²) in [5, 5.41) is 9.41. The van der Waals surface area contributed by atoms with Crippen LogP contribution >= 0.6 is 11.6 Å². The van der Waals surface area contributed by atoms with Gasteiger partial charge in [0, 0.05) is 25.3 Å². The highest BCUT2D eigenvalue weighted by Crippen LogP contribution is 2.19. The van der Waals surface area contributed by atoms with Gasteiger partial charge in [-0.15, -0.1) is 11.6 Å². The van der Waals surface area contributed by atoms with Crippen molar-refractivity contribution in [2.45, 2.75) is 6.10 Å². The molecule has 1 aromatic carbocycles. The zero-order valence-electron chi connectivity index (χ0n) is 8.98. The van der Waals surface area contributed by atoms with Crippen LogP contribution < -0.4 is 9.64 Å². The number of methoxy groups -OCH3 is 1. The van der Waals surface area contributed by atoms with Gasteiger partial charge in [-0.3, -0.25) is 0 Å². The molecular formula is C11H16ClNO2. The predicted molar refractivity (Wildman–Crippen MR) is 63.0 cm³/mol. The Morgan fingerprint density at radius 3 is 2.87 bits per heavy atom. The summed E-state index contributed by atoms with van der Waals surface area (Å²) in [4.78, 5) is 1.94. The van der Waals surface area contributed by atoms with Crippen LogP contribution in [0.2, 0.25) is 0 Å². The third-order valence-electron chi connectivity index (χ3n) is 2.16. The lowest BCUT2D eigenvalue weighted by atomic mass is 10.2. The second-order valence-electron chi connectivity index (χ2n) is 3.39. The van der Waals surface area contributed by atoms with Crippen LogP contribution in [-0.2, 0) is 0 Å². The van der Waals surface area contributed by atoms with Crippen LogP contribution in [-0.4, -0.2) is 37.8 Å². The van der Waals surface area contributed by atoms with E-state index >= 15 is 0 Å². The highest BCUT2D eigenvalue weighted by atomic mass is 35.5. The topological polar surface area (TPSA) is 32.7 Å². The minimum atomic E-state index is -0.511. The number of halogens is 1. The molecular weight excluding hydrogens is 214 g/mol. The van der Waals surface area contributed by atoms with Crippen LogP contribution in [0.1, 0.15) is 0 Å². The number of aliphatic hydroxyl groups excluding tert-OH is 1. The number of nitrogens with zero attached hydrogens (tertiary/aromatic N) is 1. The fourth-order valence-corrected chi connectivity index (χ4v) is 1.42. The molecule has 4 heteroatoms. The SMILES string of the molecule is COc1cccc(N(C)CC(O)CCl)c1. The molecule has 1 aromatic rings. The first-order valence-corrected chi connectivity index (χ1v) is 5.30. The largest absolute Gasteiger partial charge is 0.497 e. The number of alkyl halides is 1. The van der Waals surface area contributed by atoms with E-state index in [1.165, 1.54) is 0 Å². The molecule has 0 aliphatic rings. The van der Waals surface area contributed by atoms with E-state index in [1.54, 1.807) is 7.11 Å². The van der Waals surface area contributed by atoms with Gasteiger partial charge in [0.25, 0.3) is 0 Å². The fourth-order valence-electron chi connectivity index (χ4n) is 1.32. The Bertz CT molecular complexity index is 306. The van der Waals surface area contributed by atoms with Gasteiger partial charge >= 0.3 is 0 Å². The van der Waals surface area contributed by atoms with Crippen molar-refractivity contribution in [3.8, 4) is 5.75 Å². The number of rotatable bonds is 5. The summed E-state index contributed by atoms with van der Waals surface area (Å²) in [6.07, 6.45) is -0.511. The molecule has 15 heavy (non-hydrogen) atoms. The van der Waals surface area contributed by atoms with Crippen molar-refractivity contribution in [3.05, 3.63) is 24.3 Å². The summed E-state index contributed by atoms with van der Waals surface area (Å²) in [5.74, 6) is 1.05. The van der Waals surface area contributed by atoms with Gasteiger partial charge in [-0.2, -0.15) is 0 Å². The second-order valence-corrected chi connectivity index (χ2v) is 3.70. The summed E-state index contributed by atoms with van der Waals surface area (Å²) in [7, 11) is 3.54. The molecule has 0 spiro atoms. The van der Waals surface area contributed by atoms with E-state index in [9.17, 15) is 5.11 Å². The molecule has 1 N–H and O–H groups in total. The number of benzene rings is 1. The van der Waals surface area contributed by atoms with Crippen LogP contribution in [0.3, 0.4) is 0 Å². The molecule has 0 saturated heterocycles. The number of likely N-dealkylation sites (N-methyl/N-ethyl adjacent to an activating group) is 1. The van der Waals surface area contributed by atoms with Gasteiger partial charge in [0.1, 0.15) is 5.75 Å². The summed E-state index contributed by atoms with van der Waals surface area (Å²) in [6, 6.07) is 7.68. The Morgan fingerprint density at radius 1 is 1.53 bits per heavy atom. The maximum absolute atomic E-state index is 9.41. The average Bonchev–Trinajstić information content (AvgIpc) is 2.28. The van der Waals surface area contributed by atoms with E-state index < -0.39 is 6.10 Å². The molecule has 1 rings (SSSR count). The highest BCUT2D eigenvalue weighted by molar-refractivity contribution is 6.18. The van der Waals surface area contributed by atoms with E-state index in [2.05, 4.69) is 0 Å². The number of hydrogen-bond donors (Lipinski definition) is 1. The Morgan fingerprint density at radius 2 is 2.27 bits per heavy atom. The highest BCUT2D eigenvalue weighted by Gasteiger charge is 2.07. The van der Waals surface area contributed by atoms with E-state index in [0.29, 0.717) is 6.54 Å². The van der Waals surface area contributed by atoms with Crippen molar-refractivity contribution >= 4 is 17.3 Å². The molecule has 1 atom stereocenters. The lowest BCUT2D eigenvalue weighted by molar-refractivity contribution is 0.205. The van der Waals surface area contributed by atoms with Crippen molar-refractivity contribution in [3.63, 3.8) is 0 Å². The summed E-state index contributed by atoms with van der Waals surface area (Å²) >= 11 is 5.54. The predicted octanol–water partition coefficient (Wildman–Crippen LogP) is 1.73. The van der Waals surface area contributed by atoms with E-state index in [1.807, 2.05) is 36.2 Å². The van der Waals surface area contributed by atoms with Gasteiger partial charge in [0.15, 0.2) is 0 Å². The standard InChI is InChI=1S/C11H16ClNO2/c1-13(8-10(14)7-12)9-4-3-5-11(6-9)15-2/h3-6,10,14H,7-8H2,1-2H3. The van der Waals surface area contributed by atoms with Crippen molar-refractivity contribution in [2.75, 3.05) is 31.5 Å². The number of hydrogen-bond acceptors (Lipinski definition) is 3. The molecule has 1 unspecified atom stereocenters. The lowest BCUT2D eigenvalue weighted by Gasteiger charge is -2.22. The molecule has 0 fully saturated rings. The Labute approximate surface area is 95.2 Å². The Hall–Kier alpha value is -0.930. The minimum absolute atomic E-state index is 0.244. The van der Waals surface area contributed by atoms with Gasteiger partial charge < -0.3 is 14.7 Å². The zero-order chi connectivity index (χ0) is 11.3. The fraction of sp³-hybridized carbons (Fsp3) is 0.455. The molecule has 0 heterocycles. The summed E-state index contributed by atoms with van der Waals surface area (Å²) in [5.41, 5.74) is 0.999. The first kappa shape index (κ1) is 12.1. The second kappa shape index (κ2) is 5.83. The molecule has 3 nitrogen and oxygen atoms in total. The van der Waals surface area contributed by atoms with Crippen LogP contribution in [0, 0.1) is 0 Å². The number of anilines is 1. The van der Waals surface area contributed by atoms with Crippen LogP contribution in [0.25, 0.3) is 0 Å². The van der Waals surface area contributed by atoms with Gasteiger partial charge in [0.05, 0.1) is 19.1 Å². The van der Waals surface area contributed by atoms with Gasteiger partial charge in [-0.1, -0.05) is 6.07 Å². The Kier molecular flexibility index (Phi) is 4.72. The van der Waals surface area contributed by atoms with Crippen molar-refractivity contribution < 1.29 is 9.84 Å². The first-order valence-electron chi connectivity index (χ1n) is 4.76. The monoisotopic (exact) mass is 229 g/mol. The molecule has 0 saturated carbocycles. The van der Waals surface area contributed by atoms with E-state index in [4.69, 9.17) is 16.3 Å². The number of aliphatic hydroxyl groups is 1. The normalized spacial score (nSPS) is 12.3. The van der Waals surface area contributed by atoms with Gasteiger partial charge in [0.2, 0.25) is 0 Å². The lowest BCUT2D eigenvalue weighted by Crippen LogP contribution is -2.29. The van der Waals surface area contributed by atoms with Crippen LogP contribution in [0.5, 0.6) is 5.75 Å². The molecule has 0 aliphatic carbocycles. The third kappa shape index (κ3) is 3.61. The molecule has 0 amide bonds. The Balaban J connectivity index is 2.68. The van der Waals surface area contributed by atoms with Gasteiger partial charge in [-0.05, 0) is 12.1 Å². The van der Waals surface area contributed by atoms with E-state index in [-0.39, 0.29) is 5.88 Å². The molecule has 0 aliphatic heterocycles. The molecule has 0 aromatic heterocycles.